The summed E-state index contributed by atoms with van der Waals surface area (Å²) in [5.41, 5.74) is 4.00. The summed E-state index contributed by atoms with van der Waals surface area (Å²) in [6.45, 7) is 3.14. The van der Waals surface area contributed by atoms with Crippen LogP contribution in [-0.4, -0.2) is 13.2 Å². The molecule has 3 N–H and O–H groups in total. The molecule has 4 heteroatoms. The Morgan fingerprint density at radius 1 is 1.56 bits per heavy atom. The van der Waals surface area contributed by atoms with E-state index >= 15 is 0 Å². The summed E-state index contributed by atoms with van der Waals surface area (Å²) in [5.74, 6) is 5.61. The number of rotatable bonds is 3. The van der Waals surface area contributed by atoms with Crippen molar-refractivity contribution in [2.75, 3.05) is 13.2 Å². The molecule has 2 unspecified atom stereocenters. The van der Waals surface area contributed by atoms with Crippen molar-refractivity contribution in [1.82, 2.24) is 5.43 Å². The Morgan fingerprint density at radius 3 is 3.00 bits per heavy atom. The molecular formula is C12H17FN2O. The van der Waals surface area contributed by atoms with E-state index in [1.165, 1.54) is 0 Å². The van der Waals surface area contributed by atoms with E-state index in [4.69, 9.17) is 10.6 Å². The quantitative estimate of drug-likeness (QED) is 0.606. The number of nitrogens with one attached hydrogen (secondary N) is 1. The standard InChI is InChI=1S/C12H17FN2O/c1-8-3-2-4-10(11(8)13)12(15-14)9-5-6-16-7-9/h2-4,9,12,15H,5-7,14H2,1H3. The first-order valence-electron chi connectivity index (χ1n) is 5.53. The van der Waals surface area contributed by atoms with Gasteiger partial charge in [0.05, 0.1) is 12.6 Å². The lowest BCUT2D eigenvalue weighted by molar-refractivity contribution is 0.176. The predicted octanol–water partition coefficient (Wildman–Crippen LogP) is 1.68. The fourth-order valence-corrected chi connectivity index (χ4v) is 2.21. The van der Waals surface area contributed by atoms with Gasteiger partial charge in [-0.25, -0.2) is 4.39 Å². The highest BCUT2D eigenvalue weighted by molar-refractivity contribution is 5.28. The molecule has 0 spiro atoms. The summed E-state index contributed by atoms with van der Waals surface area (Å²) < 4.78 is 19.3. The SMILES string of the molecule is Cc1cccc(C(NN)C2CCOC2)c1F. The van der Waals surface area contributed by atoms with Gasteiger partial charge in [0.15, 0.2) is 0 Å². The van der Waals surface area contributed by atoms with E-state index in [-0.39, 0.29) is 17.8 Å². The minimum atomic E-state index is -0.169. The summed E-state index contributed by atoms with van der Waals surface area (Å²) >= 11 is 0. The number of hydrogen-bond donors (Lipinski definition) is 2. The van der Waals surface area contributed by atoms with Gasteiger partial charge in [-0.05, 0) is 18.9 Å². The van der Waals surface area contributed by atoms with Crippen LogP contribution >= 0.6 is 0 Å². The zero-order valence-electron chi connectivity index (χ0n) is 9.37. The number of halogens is 1. The maximum atomic E-state index is 14.0. The van der Waals surface area contributed by atoms with E-state index in [1.807, 2.05) is 6.07 Å². The fraction of sp³-hybridized carbons (Fsp3) is 0.500. The van der Waals surface area contributed by atoms with Gasteiger partial charge in [0.1, 0.15) is 5.82 Å². The number of hydrazine groups is 1. The van der Waals surface area contributed by atoms with Crippen LogP contribution in [0.25, 0.3) is 0 Å². The van der Waals surface area contributed by atoms with Gasteiger partial charge >= 0.3 is 0 Å². The fourth-order valence-electron chi connectivity index (χ4n) is 2.21. The Bertz CT molecular complexity index is 364. The van der Waals surface area contributed by atoms with Gasteiger partial charge in [0.25, 0.3) is 0 Å². The average molecular weight is 224 g/mol. The Morgan fingerprint density at radius 2 is 2.38 bits per heavy atom. The van der Waals surface area contributed by atoms with Gasteiger partial charge in [0.2, 0.25) is 0 Å². The molecule has 0 aromatic heterocycles. The summed E-state index contributed by atoms with van der Waals surface area (Å²) in [7, 11) is 0. The van der Waals surface area contributed by atoms with Crippen molar-refractivity contribution in [3.63, 3.8) is 0 Å². The molecule has 88 valence electrons. The number of nitrogens with two attached hydrogens (primary N) is 1. The smallest absolute Gasteiger partial charge is 0.130 e. The summed E-state index contributed by atoms with van der Waals surface area (Å²) in [6.07, 6.45) is 0.919. The second kappa shape index (κ2) is 4.91. The van der Waals surface area contributed by atoms with E-state index in [0.29, 0.717) is 17.7 Å². The van der Waals surface area contributed by atoms with Crippen molar-refractivity contribution in [2.45, 2.75) is 19.4 Å². The molecule has 0 aliphatic carbocycles. The lowest BCUT2D eigenvalue weighted by Gasteiger charge is -2.22. The molecule has 0 amide bonds. The molecule has 1 fully saturated rings. The van der Waals surface area contributed by atoms with Crippen LogP contribution in [0.5, 0.6) is 0 Å². The molecule has 1 aliphatic heterocycles. The second-order valence-corrected chi connectivity index (χ2v) is 4.25. The minimum Gasteiger partial charge on any atom is -0.381 e. The molecule has 0 bridgehead atoms. The first kappa shape index (κ1) is 11.5. The highest BCUT2D eigenvalue weighted by atomic mass is 19.1. The monoisotopic (exact) mass is 224 g/mol. The molecule has 1 aromatic rings. The number of benzene rings is 1. The Labute approximate surface area is 94.8 Å². The molecule has 1 aliphatic rings. The third-order valence-electron chi connectivity index (χ3n) is 3.17. The van der Waals surface area contributed by atoms with E-state index in [9.17, 15) is 4.39 Å². The first-order chi connectivity index (χ1) is 7.74. The lowest BCUT2D eigenvalue weighted by atomic mass is 9.91. The average Bonchev–Trinajstić information content (AvgIpc) is 2.79. The first-order valence-corrected chi connectivity index (χ1v) is 5.53. The Kier molecular flexibility index (Phi) is 3.53. The number of ether oxygens (including phenoxy) is 1. The number of aryl methyl sites for hydroxylation is 1. The van der Waals surface area contributed by atoms with Crippen LogP contribution in [0.1, 0.15) is 23.6 Å². The zero-order valence-corrected chi connectivity index (χ0v) is 9.37. The van der Waals surface area contributed by atoms with E-state index in [2.05, 4.69) is 5.43 Å². The van der Waals surface area contributed by atoms with Gasteiger partial charge in [0, 0.05) is 18.1 Å². The maximum Gasteiger partial charge on any atom is 0.130 e. The van der Waals surface area contributed by atoms with Crippen molar-refractivity contribution in [3.8, 4) is 0 Å². The normalized spacial score (nSPS) is 22.3. The highest BCUT2D eigenvalue weighted by Gasteiger charge is 2.28. The van der Waals surface area contributed by atoms with Gasteiger partial charge < -0.3 is 4.74 Å². The molecule has 0 saturated carbocycles. The highest BCUT2D eigenvalue weighted by Crippen LogP contribution is 2.30. The molecule has 16 heavy (non-hydrogen) atoms. The zero-order chi connectivity index (χ0) is 11.5. The summed E-state index contributed by atoms with van der Waals surface area (Å²) in [4.78, 5) is 0. The molecule has 2 rings (SSSR count). The molecule has 1 aromatic carbocycles. The summed E-state index contributed by atoms with van der Waals surface area (Å²) in [6, 6.07) is 5.23. The van der Waals surface area contributed by atoms with E-state index in [1.54, 1.807) is 19.1 Å². The van der Waals surface area contributed by atoms with Crippen molar-refractivity contribution in [2.24, 2.45) is 11.8 Å². The molecule has 0 radical (unpaired) electrons. The van der Waals surface area contributed by atoms with E-state index < -0.39 is 0 Å². The van der Waals surface area contributed by atoms with Crippen LogP contribution in [0.3, 0.4) is 0 Å². The largest absolute Gasteiger partial charge is 0.381 e. The van der Waals surface area contributed by atoms with Crippen molar-refractivity contribution < 1.29 is 9.13 Å². The van der Waals surface area contributed by atoms with Crippen LogP contribution in [0, 0.1) is 18.7 Å². The van der Waals surface area contributed by atoms with Crippen LogP contribution in [0.15, 0.2) is 18.2 Å². The van der Waals surface area contributed by atoms with Crippen molar-refractivity contribution >= 4 is 0 Å². The molecule has 1 saturated heterocycles. The molecule has 2 atom stereocenters. The second-order valence-electron chi connectivity index (χ2n) is 4.25. The lowest BCUT2D eigenvalue weighted by Crippen LogP contribution is -2.34. The molecular weight excluding hydrogens is 207 g/mol. The van der Waals surface area contributed by atoms with E-state index in [0.717, 1.165) is 13.0 Å². The van der Waals surface area contributed by atoms with Crippen LogP contribution in [0.4, 0.5) is 4.39 Å². The predicted molar refractivity (Wildman–Crippen MR) is 60.1 cm³/mol. The van der Waals surface area contributed by atoms with Crippen molar-refractivity contribution in [1.29, 1.82) is 0 Å². The van der Waals surface area contributed by atoms with Crippen LogP contribution < -0.4 is 11.3 Å². The van der Waals surface area contributed by atoms with Crippen LogP contribution in [0.2, 0.25) is 0 Å². The van der Waals surface area contributed by atoms with Gasteiger partial charge in [-0.2, -0.15) is 0 Å². The van der Waals surface area contributed by atoms with Crippen LogP contribution in [-0.2, 0) is 4.74 Å². The maximum absolute atomic E-state index is 14.0. The number of hydrogen-bond acceptors (Lipinski definition) is 3. The van der Waals surface area contributed by atoms with Gasteiger partial charge in [-0.3, -0.25) is 11.3 Å². The third kappa shape index (κ3) is 2.09. The minimum absolute atomic E-state index is 0.164. The summed E-state index contributed by atoms with van der Waals surface area (Å²) in [5, 5.41) is 0. The van der Waals surface area contributed by atoms with Crippen molar-refractivity contribution in [3.05, 3.63) is 35.1 Å². The topological polar surface area (TPSA) is 47.3 Å². The molecule has 3 nitrogen and oxygen atoms in total. The van der Waals surface area contributed by atoms with Gasteiger partial charge in [-0.1, -0.05) is 18.2 Å². The molecule has 1 heterocycles. The Hall–Kier alpha value is -0.970. The van der Waals surface area contributed by atoms with Gasteiger partial charge in [-0.15, -0.1) is 0 Å². The third-order valence-corrected chi connectivity index (χ3v) is 3.17. The Balaban J connectivity index is 2.28.